The molecule has 14 heavy (non-hydrogen) atoms. The van der Waals surface area contributed by atoms with Crippen molar-refractivity contribution in [1.82, 2.24) is 15.5 Å². The van der Waals surface area contributed by atoms with Gasteiger partial charge in [0.15, 0.2) is 0 Å². The van der Waals surface area contributed by atoms with Gasteiger partial charge < -0.3 is 10.1 Å². The lowest BCUT2D eigenvalue weighted by molar-refractivity contribution is 0.326. The van der Waals surface area contributed by atoms with E-state index in [2.05, 4.69) is 21.6 Å². The van der Waals surface area contributed by atoms with Crippen LogP contribution in [-0.2, 0) is 6.54 Å². The minimum atomic E-state index is 0.729. The molecule has 0 unspecified atom stereocenters. The lowest BCUT2D eigenvalue weighted by Gasteiger charge is -2.05. The molecule has 0 radical (unpaired) electrons. The van der Waals surface area contributed by atoms with Crippen LogP contribution in [0.2, 0.25) is 0 Å². The Balaban J connectivity index is 2.19. The largest absolute Gasteiger partial charge is 0.492 e. The van der Waals surface area contributed by atoms with Crippen LogP contribution in [0.4, 0.5) is 0 Å². The van der Waals surface area contributed by atoms with E-state index in [1.54, 1.807) is 0 Å². The molecule has 0 amide bonds. The maximum absolute atomic E-state index is 5.62. The van der Waals surface area contributed by atoms with Crippen LogP contribution in [0.15, 0.2) is 18.3 Å². The number of ether oxygens (including phenoxy) is 1. The van der Waals surface area contributed by atoms with Crippen molar-refractivity contribution in [3.05, 3.63) is 23.9 Å². The maximum atomic E-state index is 5.62. The van der Waals surface area contributed by atoms with E-state index in [1.165, 1.54) is 5.56 Å². The molecule has 0 saturated carbocycles. The van der Waals surface area contributed by atoms with E-state index < -0.39 is 0 Å². The van der Waals surface area contributed by atoms with E-state index in [-0.39, 0.29) is 0 Å². The van der Waals surface area contributed by atoms with Crippen LogP contribution in [0.3, 0.4) is 0 Å². The monoisotopic (exact) mass is 189 g/mol. The van der Waals surface area contributed by atoms with E-state index >= 15 is 0 Å². The number of benzene rings is 1. The Morgan fingerprint density at radius 2 is 2.36 bits per heavy atom. The zero-order valence-corrected chi connectivity index (χ0v) is 7.71. The van der Waals surface area contributed by atoms with Gasteiger partial charge in [0.25, 0.3) is 0 Å². The summed E-state index contributed by atoms with van der Waals surface area (Å²) in [6.07, 6.45) is 1.83. The molecular formula is C10H11N3O. The molecule has 4 nitrogen and oxygen atoms in total. The van der Waals surface area contributed by atoms with Gasteiger partial charge in [-0.25, -0.2) is 0 Å². The van der Waals surface area contributed by atoms with Crippen molar-refractivity contribution < 1.29 is 4.74 Å². The Labute approximate surface area is 81.3 Å². The highest BCUT2D eigenvalue weighted by molar-refractivity contribution is 5.80. The first-order valence-corrected chi connectivity index (χ1v) is 4.73. The van der Waals surface area contributed by atoms with E-state index in [4.69, 9.17) is 4.74 Å². The van der Waals surface area contributed by atoms with Crippen molar-refractivity contribution in [2.45, 2.75) is 6.54 Å². The van der Waals surface area contributed by atoms with E-state index in [0.717, 1.165) is 36.3 Å². The molecule has 3 rings (SSSR count). The molecule has 0 aliphatic carbocycles. The average molecular weight is 189 g/mol. The van der Waals surface area contributed by atoms with Gasteiger partial charge in [0.05, 0.1) is 11.7 Å². The SMILES string of the molecule is c1n[nH]c2cc3c(cc12)CNCCO3. The second kappa shape index (κ2) is 2.99. The van der Waals surface area contributed by atoms with Gasteiger partial charge in [0.2, 0.25) is 0 Å². The Bertz CT molecular complexity index is 423. The van der Waals surface area contributed by atoms with Crippen molar-refractivity contribution in [2.75, 3.05) is 13.2 Å². The Morgan fingerprint density at radius 1 is 1.36 bits per heavy atom. The van der Waals surface area contributed by atoms with E-state index in [0.29, 0.717) is 0 Å². The quantitative estimate of drug-likeness (QED) is 0.651. The third-order valence-electron chi connectivity index (χ3n) is 2.47. The molecule has 4 heteroatoms. The van der Waals surface area contributed by atoms with Crippen molar-refractivity contribution in [3.63, 3.8) is 0 Å². The number of aromatic nitrogens is 2. The van der Waals surface area contributed by atoms with Crippen LogP contribution in [0.5, 0.6) is 5.75 Å². The first kappa shape index (κ1) is 7.82. The Hall–Kier alpha value is -1.55. The van der Waals surface area contributed by atoms with Crippen molar-refractivity contribution in [3.8, 4) is 5.75 Å². The maximum Gasteiger partial charge on any atom is 0.126 e. The van der Waals surface area contributed by atoms with Crippen molar-refractivity contribution in [1.29, 1.82) is 0 Å². The Kier molecular flexibility index (Phi) is 1.67. The molecule has 1 aromatic carbocycles. The van der Waals surface area contributed by atoms with Crippen LogP contribution >= 0.6 is 0 Å². The summed E-state index contributed by atoms with van der Waals surface area (Å²) in [7, 11) is 0. The lowest BCUT2D eigenvalue weighted by Crippen LogP contribution is -2.16. The van der Waals surface area contributed by atoms with Crippen LogP contribution in [0.1, 0.15) is 5.56 Å². The third kappa shape index (κ3) is 1.15. The lowest BCUT2D eigenvalue weighted by atomic mass is 10.1. The summed E-state index contributed by atoms with van der Waals surface area (Å²) in [5, 5.41) is 11.4. The van der Waals surface area contributed by atoms with Gasteiger partial charge in [-0.1, -0.05) is 0 Å². The highest BCUT2D eigenvalue weighted by atomic mass is 16.5. The van der Waals surface area contributed by atoms with Crippen LogP contribution in [0, 0.1) is 0 Å². The first-order chi connectivity index (χ1) is 6.93. The second-order valence-corrected chi connectivity index (χ2v) is 3.44. The molecule has 1 aromatic heterocycles. The normalized spacial score (nSPS) is 16.0. The number of hydrogen-bond donors (Lipinski definition) is 2. The Morgan fingerprint density at radius 3 is 3.36 bits per heavy atom. The molecule has 0 fully saturated rings. The fraction of sp³-hybridized carbons (Fsp3) is 0.300. The minimum absolute atomic E-state index is 0.729. The summed E-state index contributed by atoms with van der Waals surface area (Å²) in [4.78, 5) is 0. The van der Waals surface area contributed by atoms with Gasteiger partial charge >= 0.3 is 0 Å². The average Bonchev–Trinajstić information content (AvgIpc) is 2.51. The molecule has 0 bridgehead atoms. The molecule has 1 aliphatic rings. The first-order valence-electron chi connectivity index (χ1n) is 4.73. The molecule has 0 atom stereocenters. The number of rotatable bonds is 0. The number of nitrogens with one attached hydrogen (secondary N) is 2. The zero-order chi connectivity index (χ0) is 9.38. The minimum Gasteiger partial charge on any atom is -0.492 e. The molecule has 72 valence electrons. The number of aromatic amines is 1. The van der Waals surface area contributed by atoms with E-state index in [1.807, 2.05) is 12.3 Å². The predicted octanol–water partition coefficient (Wildman–Crippen LogP) is 1.04. The molecule has 2 N–H and O–H groups in total. The molecule has 1 aliphatic heterocycles. The van der Waals surface area contributed by atoms with Crippen LogP contribution in [0.25, 0.3) is 10.9 Å². The number of hydrogen-bond acceptors (Lipinski definition) is 3. The molecular weight excluding hydrogens is 178 g/mol. The topological polar surface area (TPSA) is 49.9 Å². The van der Waals surface area contributed by atoms with Gasteiger partial charge in [-0.05, 0) is 6.07 Å². The third-order valence-corrected chi connectivity index (χ3v) is 2.47. The molecule has 2 heterocycles. The summed E-state index contributed by atoms with van der Waals surface area (Å²) < 4.78 is 5.62. The second-order valence-electron chi connectivity index (χ2n) is 3.44. The smallest absolute Gasteiger partial charge is 0.126 e. The fourth-order valence-electron chi connectivity index (χ4n) is 1.75. The van der Waals surface area contributed by atoms with Gasteiger partial charge in [0, 0.05) is 30.1 Å². The number of fused-ring (bicyclic) bond motifs is 2. The van der Waals surface area contributed by atoms with Gasteiger partial charge in [-0.2, -0.15) is 5.10 Å². The molecule has 0 saturated heterocycles. The van der Waals surface area contributed by atoms with Crippen molar-refractivity contribution in [2.24, 2.45) is 0 Å². The highest BCUT2D eigenvalue weighted by Gasteiger charge is 2.10. The van der Waals surface area contributed by atoms with Gasteiger partial charge in [-0.3, -0.25) is 5.10 Å². The summed E-state index contributed by atoms with van der Waals surface area (Å²) in [6.45, 7) is 2.50. The van der Waals surface area contributed by atoms with Crippen LogP contribution < -0.4 is 10.1 Å². The zero-order valence-electron chi connectivity index (χ0n) is 7.71. The van der Waals surface area contributed by atoms with Gasteiger partial charge in [-0.15, -0.1) is 0 Å². The summed E-state index contributed by atoms with van der Waals surface area (Å²) in [5.41, 5.74) is 2.24. The predicted molar refractivity (Wildman–Crippen MR) is 53.3 cm³/mol. The number of nitrogens with zero attached hydrogens (tertiary/aromatic N) is 1. The molecule has 2 aromatic rings. The fourth-order valence-corrected chi connectivity index (χ4v) is 1.75. The summed E-state index contributed by atoms with van der Waals surface area (Å²) in [6, 6.07) is 4.14. The highest BCUT2D eigenvalue weighted by Crippen LogP contribution is 2.25. The summed E-state index contributed by atoms with van der Waals surface area (Å²) >= 11 is 0. The van der Waals surface area contributed by atoms with E-state index in [9.17, 15) is 0 Å². The summed E-state index contributed by atoms with van der Waals surface area (Å²) in [5.74, 6) is 0.965. The standard InChI is InChI=1S/C10H11N3O/c1-2-14-10-4-9-7(6-12-13-9)3-8(10)5-11-1/h3-4,6,11H,1-2,5H2,(H,12,13). The van der Waals surface area contributed by atoms with Crippen molar-refractivity contribution >= 4 is 10.9 Å². The van der Waals surface area contributed by atoms with Gasteiger partial charge in [0.1, 0.15) is 12.4 Å². The number of H-pyrrole nitrogens is 1. The molecule has 0 spiro atoms. The van der Waals surface area contributed by atoms with Crippen LogP contribution in [-0.4, -0.2) is 23.3 Å².